The third-order valence-electron chi connectivity index (χ3n) is 5.33. The van der Waals surface area contributed by atoms with Crippen LogP contribution in [0.15, 0.2) is 47.7 Å². The van der Waals surface area contributed by atoms with Gasteiger partial charge in [0.1, 0.15) is 11.9 Å². The minimum absolute atomic E-state index is 0.0112. The highest BCUT2D eigenvalue weighted by molar-refractivity contribution is 5.79. The van der Waals surface area contributed by atoms with Crippen molar-refractivity contribution in [2.45, 2.75) is 33.3 Å². The van der Waals surface area contributed by atoms with Gasteiger partial charge in [0.15, 0.2) is 5.96 Å². The third-order valence-corrected chi connectivity index (χ3v) is 5.33. The maximum absolute atomic E-state index is 5.99. The summed E-state index contributed by atoms with van der Waals surface area (Å²) in [5.41, 5.74) is 1.20. The molecule has 2 heterocycles. The number of rotatable bonds is 10. The number of hydrogen-bond acceptors (Lipinski definition) is 6. The molecule has 2 aromatic rings. The van der Waals surface area contributed by atoms with Crippen molar-refractivity contribution in [3.63, 3.8) is 0 Å². The van der Waals surface area contributed by atoms with Crippen LogP contribution in [0, 0.1) is 6.92 Å². The van der Waals surface area contributed by atoms with E-state index < -0.39 is 0 Å². The number of guanidine groups is 1. The molecule has 0 aliphatic carbocycles. The summed E-state index contributed by atoms with van der Waals surface area (Å²) >= 11 is 0. The first kappa shape index (κ1) is 23.8. The van der Waals surface area contributed by atoms with Gasteiger partial charge in [-0.1, -0.05) is 12.1 Å². The molecule has 1 atom stereocenters. The Morgan fingerprint density at radius 2 is 1.91 bits per heavy atom. The van der Waals surface area contributed by atoms with Crippen LogP contribution in [0.1, 0.15) is 25.8 Å². The Labute approximate surface area is 192 Å². The molecule has 1 unspecified atom stereocenters. The van der Waals surface area contributed by atoms with E-state index >= 15 is 0 Å². The SMILES string of the molecule is CCNC(=NCC(C)Oc1cccc(C)c1)NCCCN1CCN(c2ncccn2)CC1. The topological polar surface area (TPSA) is 77.9 Å². The van der Waals surface area contributed by atoms with Crippen molar-refractivity contribution in [3.05, 3.63) is 48.3 Å². The second kappa shape index (κ2) is 12.9. The summed E-state index contributed by atoms with van der Waals surface area (Å²) in [6.45, 7) is 13.6. The van der Waals surface area contributed by atoms with Crippen molar-refractivity contribution in [2.24, 2.45) is 4.99 Å². The average molecular weight is 440 g/mol. The van der Waals surface area contributed by atoms with E-state index in [1.165, 1.54) is 5.56 Å². The zero-order valence-corrected chi connectivity index (χ0v) is 19.6. The molecule has 1 aromatic carbocycles. The summed E-state index contributed by atoms with van der Waals surface area (Å²) in [6.07, 6.45) is 4.69. The normalized spacial score (nSPS) is 16.0. The highest BCUT2D eigenvalue weighted by atomic mass is 16.5. The lowest BCUT2D eigenvalue weighted by Gasteiger charge is -2.34. The molecule has 32 heavy (non-hydrogen) atoms. The van der Waals surface area contributed by atoms with Crippen LogP contribution in [0.4, 0.5) is 5.95 Å². The van der Waals surface area contributed by atoms with E-state index in [1.807, 2.05) is 18.2 Å². The number of nitrogens with zero attached hydrogens (tertiary/aromatic N) is 5. The summed E-state index contributed by atoms with van der Waals surface area (Å²) in [6, 6.07) is 9.98. The van der Waals surface area contributed by atoms with E-state index in [0.29, 0.717) is 6.54 Å². The van der Waals surface area contributed by atoms with Gasteiger partial charge in [0.25, 0.3) is 0 Å². The Kier molecular flexibility index (Phi) is 9.56. The van der Waals surface area contributed by atoms with Crippen LogP contribution < -0.4 is 20.3 Å². The van der Waals surface area contributed by atoms with E-state index in [4.69, 9.17) is 9.73 Å². The fourth-order valence-corrected chi connectivity index (χ4v) is 3.66. The van der Waals surface area contributed by atoms with E-state index in [9.17, 15) is 0 Å². The minimum Gasteiger partial charge on any atom is -0.489 e. The summed E-state index contributed by atoms with van der Waals surface area (Å²) in [7, 11) is 0. The van der Waals surface area contributed by atoms with Gasteiger partial charge < -0.3 is 20.3 Å². The molecular weight excluding hydrogens is 402 g/mol. The van der Waals surface area contributed by atoms with Crippen LogP contribution in [-0.2, 0) is 0 Å². The van der Waals surface area contributed by atoms with Crippen molar-refractivity contribution >= 4 is 11.9 Å². The van der Waals surface area contributed by atoms with Crippen molar-refractivity contribution in [3.8, 4) is 5.75 Å². The summed E-state index contributed by atoms with van der Waals surface area (Å²) in [5.74, 6) is 2.57. The Morgan fingerprint density at radius 1 is 1.12 bits per heavy atom. The third kappa shape index (κ3) is 8.00. The fourth-order valence-electron chi connectivity index (χ4n) is 3.66. The van der Waals surface area contributed by atoms with Crippen LogP contribution in [0.5, 0.6) is 5.75 Å². The largest absolute Gasteiger partial charge is 0.489 e. The predicted octanol–water partition coefficient (Wildman–Crippen LogP) is 2.32. The Morgan fingerprint density at radius 3 is 2.62 bits per heavy atom. The van der Waals surface area contributed by atoms with Crippen LogP contribution in [-0.4, -0.2) is 79.3 Å². The van der Waals surface area contributed by atoms with Gasteiger partial charge in [-0.25, -0.2) is 15.0 Å². The summed E-state index contributed by atoms with van der Waals surface area (Å²) in [4.78, 5) is 18.2. The van der Waals surface area contributed by atoms with Crippen molar-refractivity contribution in [1.82, 2.24) is 25.5 Å². The number of piperazine rings is 1. The van der Waals surface area contributed by atoms with Gasteiger partial charge in [0, 0.05) is 51.7 Å². The number of aryl methyl sites for hydroxylation is 1. The first-order chi connectivity index (χ1) is 15.6. The molecule has 0 spiro atoms. The predicted molar refractivity (Wildman–Crippen MR) is 131 cm³/mol. The lowest BCUT2D eigenvalue weighted by atomic mass is 10.2. The molecule has 1 fully saturated rings. The van der Waals surface area contributed by atoms with Crippen LogP contribution >= 0.6 is 0 Å². The van der Waals surface area contributed by atoms with Crippen molar-refractivity contribution in [2.75, 3.05) is 57.3 Å². The first-order valence-electron chi connectivity index (χ1n) is 11.6. The highest BCUT2D eigenvalue weighted by Crippen LogP contribution is 2.14. The number of aromatic nitrogens is 2. The molecule has 0 bridgehead atoms. The smallest absolute Gasteiger partial charge is 0.225 e. The molecule has 1 aliphatic heterocycles. The standard InChI is InChI=1S/C24H37N7O/c1-4-25-23(29-19-21(3)32-22-9-5-8-20(2)18-22)26-12-7-13-30-14-16-31(17-15-30)24-27-10-6-11-28-24/h5-6,8-11,18,21H,4,7,12-17,19H2,1-3H3,(H2,25,26,29). The molecule has 1 saturated heterocycles. The molecule has 0 amide bonds. The second-order valence-corrected chi connectivity index (χ2v) is 8.12. The second-order valence-electron chi connectivity index (χ2n) is 8.12. The Hall–Kier alpha value is -2.87. The molecule has 1 aromatic heterocycles. The molecule has 3 rings (SSSR count). The molecule has 1 aliphatic rings. The van der Waals surface area contributed by atoms with Crippen LogP contribution in [0.3, 0.4) is 0 Å². The lowest BCUT2D eigenvalue weighted by molar-refractivity contribution is 0.230. The summed E-state index contributed by atoms with van der Waals surface area (Å²) < 4.78 is 5.99. The maximum atomic E-state index is 5.99. The number of benzene rings is 1. The van der Waals surface area contributed by atoms with E-state index in [-0.39, 0.29) is 6.10 Å². The number of nitrogens with one attached hydrogen (secondary N) is 2. The maximum Gasteiger partial charge on any atom is 0.225 e. The van der Waals surface area contributed by atoms with Gasteiger partial charge in [-0.3, -0.25) is 4.90 Å². The molecule has 0 radical (unpaired) electrons. The fraction of sp³-hybridized carbons (Fsp3) is 0.542. The zero-order chi connectivity index (χ0) is 22.6. The summed E-state index contributed by atoms with van der Waals surface area (Å²) in [5, 5.41) is 6.77. The van der Waals surface area contributed by atoms with E-state index in [0.717, 1.165) is 69.9 Å². The molecule has 8 heteroatoms. The van der Waals surface area contributed by atoms with Gasteiger partial charge in [-0.15, -0.1) is 0 Å². The number of anilines is 1. The number of ether oxygens (including phenoxy) is 1. The molecule has 0 saturated carbocycles. The van der Waals surface area contributed by atoms with Crippen molar-refractivity contribution in [1.29, 1.82) is 0 Å². The van der Waals surface area contributed by atoms with Gasteiger partial charge in [-0.2, -0.15) is 0 Å². The van der Waals surface area contributed by atoms with Gasteiger partial charge in [0.05, 0.1) is 6.54 Å². The Bertz CT molecular complexity index is 822. The molecular formula is C24H37N7O. The average Bonchev–Trinajstić information content (AvgIpc) is 2.81. The minimum atomic E-state index is 0.0112. The quantitative estimate of drug-likeness (QED) is 0.334. The zero-order valence-electron chi connectivity index (χ0n) is 19.6. The van der Waals surface area contributed by atoms with Gasteiger partial charge in [-0.05, 0) is 57.5 Å². The van der Waals surface area contributed by atoms with Gasteiger partial charge in [0.2, 0.25) is 5.95 Å². The lowest BCUT2D eigenvalue weighted by Crippen LogP contribution is -2.47. The first-order valence-corrected chi connectivity index (χ1v) is 11.6. The highest BCUT2D eigenvalue weighted by Gasteiger charge is 2.18. The Balaban J connectivity index is 1.34. The van der Waals surface area contributed by atoms with Crippen LogP contribution in [0.25, 0.3) is 0 Å². The van der Waals surface area contributed by atoms with E-state index in [2.05, 4.69) is 63.3 Å². The number of aliphatic imine (C=N–C) groups is 1. The van der Waals surface area contributed by atoms with E-state index in [1.54, 1.807) is 12.4 Å². The monoisotopic (exact) mass is 439 g/mol. The molecule has 174 valence electrons. The number of hydrogen-bond donors (Lipinski definition) is 2. The molecule has 8 nitrogen and oxygen atoms in total. The van der Waals surface area contributed by atoms with Gasteiger partial charge >= 0.3 is 0 Å². The van der Waals surface area contributed by atoms with Crippen LogP contribution in [0.2, 0.25) is 0 Å². The van der Waals surface area contributed by atoms with Crippen molar-refractivity contribution < 1.29 is 4.74 Å². The molecule has 2 N–H and O–H groups in total.